The van der Waals surface area contributed by atoms with Gasteiger partial charge in [-0.15, -0.1) is 13.2 Å². The van der Waals surface area contributed by atoms with Crippen molar-refractivity contribution >= 4 is 28.9 Å². The normalized spacial score (nSPS) is 14.9. The van der Waals surface area contributed by atoms with Gasteiger partial charge >= 0.3 is 6.36 Å². The number of hydrogen-bond acceptors (Lipinski definition) is 7. The highest BCUT2D eigenvalue weighted by atomic mass is 19.4. The van der Waals surface area contributed by atoms with E-state index in [1.54, 1.807) is 4.90 Å². The van der Waals surface area contributed by atoms with E-state index in [0.717, 1.165) is 30.3 Å². The van der Waals surface area contributed by atoms with Crippen molar-refractivity contribution in [2.45, 2.75) is 6.36 Å². The lowest BCUT2D eigenvalue weighted by Crippen LogP contribution is -2.50. The van der Waals surface area contributed by atoms with Gasteiger partial charge in [-0.3, -0.25) is 29.5 Å². The first-order valence-electron chi connectivity index (χ1n) is 10.3. The van der Waals surface area contributed by atoms with Gasteiger partial charge in [-0.2, -0.15) is 0 Å². The SMILES string of the molecule is O=C(CN1CCN(CC(=O)Nc2ccc(F)cc2[N+](=O)[O-])CC1)Nc1ccc(OC(F)(F)F)cc1. The molecule has 2 aromatic carbocycles. The Balaban J connectivity index is 1.42. The van der Waals surface area contributed by atoms with E-state index in [0.29, 0.717) is 31.9 Å². The Hall–Kier alpha value is -3.78. The first kappa shape index (κ1) is 25.8. The number of amides is 2. The van der Waals surface area contributed by atoms with Crippen molar-refractivity contribution in [1.29, 1.82) is 0 Å². The molecule has 0 spiro atoms. The molecule has 0 bridgehead atoms. The van der Waals surface area contributed by atoms with E-state index in [2.05, 4.69) is 15.4 Å². The van der Waals surface area contributed by atoms with E-state index in [4.69, 9.17) is 0 Å². The fourth-order valence-corrected chi connectivity index (χ4v) is 3.40. The molecule has 2 aromatic rings. The molecule has 0 aliphatic carbocycles. The Labute approximate surface area is 196 Å². The zero-order valence-corrected chi connectivity index (χ0v) is 18.2. The summed E-state index contributed by atoms with van der Waals surface area (Å²) < 4.78 is 53.6. The van der Waals surface area contributed by atoms with Gasteiger partial charge in [0.1, 0.15) is 17.3 Å². The van der Waals surface area contributed by atoms with Crippen LogP contribution in [0.25, 0.3) is 0 Å². The van der Waals surface area contributed by atoms with Crippen LogP contribution in [0.5, 0.6) is 5.75 Å². The Kier molecular flexibility index (Phi) is 8.19. The van der Waals surface area contributed by atoms with Crippen LogP contribution in [0.3, 0.4) is 0 Å². The predicted molar refractivity (Wildman–Crippen MR) is 116 cm³/mol. The molecule has 35 heavy (non-hydrogen) atoms. The molecule has 3 rings (SSSR count). The Bertz CT molecular complexity index is 1070. The van der Waals surface area contributed by atoms with Crippen molar-refractivity contribution in [3.05, 3.63) is 58.4 Å². The summed E-state index contributed by atoms with van der Waals surface area (Å²) >= 11 is 0. The maximum absolute atomic E-state index is 13.2. The average Bonchev–Trinajstić information content (AvgIpc) is 2.76. The summed E-state index contributed by atoms with van der Waals surface area (Å²) in [5.41, 5.74) is -0.332. The van der Waals surface area contributed by atoms with Gasteiger partial charge in [0, 0.05) is 31.9 Å². The third-order valence-corrected chi connectivity index (χ3v) is 5.00. The number of nitrogens with one attached hydrogen (secondary N) is 2. The number of alkyl halides is 3. The highest BCUT2D eigenvalue weighted by Crippen LogP contribution is 2.25. The van der Waals surface area contributed by atoms with Gasteiger partial charge in [-0.25, -0.2) is 4.39 Å². The fraction of sp³-hybridized carbons (Fsp3) is 0.333. The number of nitrogens with zero attached hydrogens (tertiary/aromatic N) is 3. The van der Waals surface area contributed by atoms with Crippen LogP contribution in [-0.2, 0) is 9.59 Å². The molecule has 1 aliphatic rings. The molecule has 188 valence electrons. The van der Waals surface area contributed by atoms with Gasteiger partial charge in [0.15, 0.2) is 0 Å². The van der Waals surface area contributed by atoms with Crippen molar-refractivity contribution in [2.75, 3.05) is 49.9 Å². The Morgan fingerprint density at radius 1 is 0.943 bits per heavy atom. The molecule has 0 saturated carbocycles. The zero-order valence-electron chi connectivity index (χ0n) is 18.2. The molecule has 0 aromatic heterocycles. The highest BCUT2D eigenvalue weighted by Gasteiger charge is 2.31. The molecule has 1 saturated heterocycles. The second kappa shape index (κ2) is 11.1. The molecule has 1 fully saturated rings. The minimum Gasteiger partial charge on any atom is -0.406 e. The number of anilines is 2. The average molecular weight is 499 g/mol. The van der Waals surface area contributed by atoms with E-state index in [1.165, 1.54) is 12.1 Å². The molecule has 0 unspecified atom stereocenters. The monoisotopic (exact) mass is 499 g/mol. The number of hydrogen-bond donors (Lipinski definition) is 2. The maximum Gasteiger partial charge on any atom is 0.573 e. The quantitative estimate of drug-likeness (QED) is 0.326. The molecule has 1 aliphatic heterocycles. The number of nitro groups is 1. The summed E-state index contributed by atoms with van der Waals surface area (Å²) in [6.45, 7) is 1.85. The third-order valence-electron chi connectivity index (χ3n) is 5.00. The topological polar surface area (TPSA) is 117 Å². The molecule has 14 heteroatoms. The molecule has 2 N–H and O–H groups in total. The summed E-state index contributed by atoms with van der Waals surface area (Å²) in [7, 11) is 0. The highest BCUT2D eigenvalue weighted by molar-refractivity contribution is 5.94. The standard InChI is InChI=1S/C21H21F4N5O5/c22-14-1-6-17(18(11-14)30(33)34)27-20(32)13-29-9-7-28(8-10-29)12-19(31)26-15-2-4-16(5-3-15)35-21(23,24)25/h1-6,11H,7-10,12-13H2,(H,26,31)(H,27,32). The number of rotatable bonds is 8. The lowest BCUT2D eigenvalue weighted by atomic mass is 10.2. The predicted octanol–water partition coefficient (Wildman–Crippen LogP) is 2.83. The molecule has 0 radical (unpaired) electrons. The zero-order chi connectivity index (χ0) is 25.6. The van der Waals surface area contributed by atoms with Crippen LogP contribution in [-0.4, -0.2) is 72.2 Å². The van der Waals surface area contributed by atoms with E-state index in [9.17, 15) is 37.3 Å². The maximum atomic E-state index is 13.2. The Morgan fingerprint density at radius 2 is 1.49 bits per heavy atom. The largest absolute Gasteiger partial charge is 0.573 e. The molecular formula is C21H21F4N5O5. The first-order valence-corrected chi connectivity index (χ1v) is 10.3. The van der Waals surface area contributed by atoms with E-state index in [-0.39, 0.29) is 24.7 Å². The van der Waals surface area contributed by atoms with Crippen molar-refractivity contribution in [1.82, 2.24) is 9.80 Å². The van der Waals surface area contributed by atoms with Crippen molar-refractivity contribution in [3.63, 3.8) is 0 Å². The van der Waals surface area contributed by atoms with Crippen LogP contribution < -0.4 is 15.4 Å². The molecule has 1 heterocycles. The van der Waals surface area contributed by atoms with Crippen molar-refractivity contribution in [2.24, 2.45) is 0 Å². The number of benzene rings is 2. The van der Waals surface area contributed by atoms with Gasteiger partial charge in [0.2, 0.25) is 11.8 Å². The van der Waals surface area contributed by atoms with Gasteiger partial charge < -0.3 is 15.4 Å². The van der Waals surface area contributed by atoms with Crippen LogP contribution >= 0.6 is 0 Å². The van der Waals surface area contributed by atoms with Gasteiger partial charge in [-0.1, -0.05) is 0 Å². The third kappa shape index (κ3) is 8.19. The summed E-state index contributed by atoms with van der Waals surface area (Å²) in [4.78, 5) is 38.4. The molecular weight excluding hydrogens is 478 g/mol. The Morgan fingerprint density at radius 3 is 2.00 bits per heavy atom. The van der Waals surface area contributed by atoms with Crippen molar-refractivity contribution < 1.29 is 36.8 Å². The lowest BCUT2D eigenvalue weighted by molar-refractivity contribution is -0.384. The van der Waals surface area contributed by atoms with Crippen LogP contribution in [0.15, 0.2) is 42.5 Å². The summed E-state index contributed by atoms with van der Waals surface area (Å²) in [6.07, 6.45) is -4.80. The van der Waals surface area contributed by atoms with Crippen LogP contribution in [0, 0.1) is 15.9 Å². The number of ether oxygens (including phenoxy) is 1. The number of nitro benzene ring substituents is 1. The fourth-order valence-electron chi connectivity index (χ4n) is 3.40. The second-order valence-corrected chi connectivity index (χ2v) is 7.64. The molecule has 0 atom stereocenters. The van der Waals surface area contributed by atoms with Gasteiger partial charge in [0.25, 0.3) is 5.69 Å². The molecule has 10 nitrogen and oxygen atoms in total. The number of carbonyl (C=O) groups excluding carboxylic acids is 2. The smallest absolute Gasteiger partial charge is 0.406 e. The number of carbonyl (C=O) groups is 2. The number of piperazine rings is 1. The lowest BCUT2D eigenvalue weighted by Gasteiger charge is -2.33. The van der Waals surface area contributed by atoms with E-state index < -0.39 is 34.4 Å². The summed E-state index contributed by atoms with van der Waals surface area (Å²) in [5, 5.41) is 16.0. The van der Waals surface area contributed by atoms with E-state index >= 15 is 0 Å². The summed E-state index contributed by atoms with van der Waals surface area (Å²) in [6, 6.07) is 7.63. The minimum atomic E-state index is -4.80. The summed E-state index contributed by atoms with van der Waals surface area (Å²) in [5.74, 6) is -2.04. The van der Waals surface area contributed by atoms with E-state index in [1.807, 2.05) is 4.90 Å². The van der Waals surface area contributed by atoms with Crippen LogP contribution in [0.2, 0.25) is 0 Å². The van der Waals surface area contributed by atoms with Crippen LogP contribution in [0.1, 0.15) is 0 Å². The minimum absolute atomic E-state index is 0.0408. The van der Waals surface area contributed by atoms with Crippen molar-refractivity contribution in [3.8, 4) is 5.75 Å². The van der Waals surface area contributed by atoms with Gasteiger partial charge in [-0.05, 0) is 36.4 Å². The van der Waals surface area contributed by atoms with Crippen LogP contribution in [0.4, 0.5) is 34.6 Å². The number of halogens is 4. The molecule has 2 amide bonds. The van der Waals surface area contributed by atoms with Gasteiger partial charge in [0.05, 0.1) is 24.1 Å². The first-order chi connectivity index (χ1) is 16.5. The second-order valence-electron chi connectivity index (χ2n) is 7.64.